The Kier molecular flexibility index (Phi) is 5.82. The predicted octanol–water partition coefficient (Wildman–Crippen LogP) is 2.36. The number of fused-ring (bicyclic) bond motifs is 1. The molecule has 3 aromatic rings. The van der Waals surface area contributed by atoms with Gasteiger partial charge in [-0.25, -0.2) is 14.6 Å². The molecule has 5 rings (SSSR count). The van der Waals surface area contributed by atoms with Crippen molar-refractivity contribution in [1.82, 2.24) is 19.7 Å². The summed E-state index contributed by atoms with van der Waals surface area (Å²) >= 11 is 5.98. The lowest BCUT2D eigenvalue weighted by atomic mass is 9.81. The zero-order valence-electron chi connectivity index (χ0n) is 17.4. The van der Waals surface area contributed by atoms with E-state index in [1.165, 1.54) is 0 Å². The average molecular weight is 498 g/mol. The topological polar surface area (TPSA) is 118 Å². The predicted molar refractivity (Wildman–Crippen MR) is 111 cm³/mol. The van der Waals surface area contributed by atoms with Gasteiger partial charge in [-0.2, -0.15) is 18.3 Å². The molecular weight excluding hydrogens is 479 g/mol. The normalized spacial score (nSPS) is 29.6. The van der Waals surface area contributed by atoms with Crippen molar-refractivity contribution in [3.63, 3.8) is 0 Å². The number of aliphatic hydroxyl groups is 1. The van der Waals surface area contributed by atoms with Gasteiger partial charge in [0.2, 0.25) is 0 Å². The van der Waals surface area contributed by atoms with Crippen LogP contribution in [0.4, 0.5) is 13.2 Å². The summed E-state index contributed by atoms with van der Waals surface area (Å²) in [4.78, 5) is 7.69. The van der Waals surface area contributed by atoms with Crippen molar-refractivity contribution < 1.29 is 32.5 Å². The first-order chi connectivity index (χ1) is 16.2. The van der Waals surface area contributed by atoms with Crippen LogP contribution in [0.3, 0.4) is 0 Å². The van der Waals surface area contributed by atoms with E-state index in [-0.39, 0.29) is 24.1 Å². The Morgan fingerprint density at radius 2 is 1.91 bits per heavy atom. The number of hydrogen-bond acceptors (Lipinski definition) is 8. The van der Waals surface area contributed by atoms with Gasteiger partial charge in [-0.05, 0) is 6.07 Å². The van der Waals surface area contributed by atoms with Crippen LogP contribution < -0.4 is 5.73 Å². The molecule has 2 fully saturated rings. The van der Waals surface area contributed by atoms with E-state index in [1.54, 1.807) is 24.3 Å². The molecule has 2 aromatic heterocycles. The minimum absolute atomic E-state index is 0.0211. The Morgan fingerprint density at radius 3 is 2.65 bits per heavy atom. The monoisotopic (exact) mass is 497 g/mol. The molecule has 0 bridgehead atoms. The van der Waals surface area contributed by atoms with E-state index in [1.807, 2.05) is 6.07 Å². The fraction of sp³-hybridized carbons (Fsp3) is 0.381. The van der Waals surface area contributed by atoms with Gasteiger partial charge in [0, 0.05) is 11.8 Å². The smallest absolute Gasteiger partial charge is 0.389 e. The van der Waals surface area contributed by atoms with Crippen LogP contribution in [0.1, 0.15) is 23.4 Å². The summed E-state index contributed by atoms with van der Waals surface area (Å²) in [7, 11) is 0. The number of halogens is 4. The van der Waals surface area contributed by atoms with Gasteiger partial charge in [-0.1, -0.05) is 41.9 Å². The van der Waals surface area contributed by atoms with Crippen molar-refractivity contribution in [2.24, 2.45) is 5.73 Å². The van der Waals surface area contributed by atoms with Gasteiger partial charge in [0.05, 0.1) is 36.1 Å². The third-order valence-electron chi connectivity index (χ3n) is 5.86. The molecular formula is C21H19ClF3N5O4. The molecule has 1 unspecified atom stereocenters. The molecule has 4 heterocycles. The van der Waals surface area contributed by atoms with Crippen molar-refractivity contribution in [3.05, 3.63) is 71.0 Å². The molecule has 2 aliphatic heterocycles. The quantitative estimate of drug-likeness (QED) is 0.566. The lowest BCUT2D eigenvalue weighted by Crippen LogP contribution is -2.69. The zero-order chi connectivity index (χ0) is 24.1. The van der Waals surface area contributed by atoms with Gasteiger partial charge < -0.3 is 25.1 Å². The van der Waals surface area contributed by atoms with Crippen LogP contribution in [0, 0.1) is 0 Å². The highest BCUT2D eigenvalue weighted by molar-refractivity contribution is 6.30. The first-order valence-corrected chi connectivity index (χ1v) is 10.6. The van der Waals surface area contributed by atoms with Crippen molar-refractivity contribution in [3.8, 4) is 5.69 Å². The highest BCUT2D eigenvalue weighted by Gasteiger charge is 2.60. The summed E-state index contributed by atoms with van der Waals surface area (Å²) < 4.78 is 60.2. The third-order valence-corrected chi connectivity index (χ3v) is 6.06. The van der Waals surface area contributed by atoms with Crippen LogP contribution in [-0.2, 0) is 26.0 Å². The highest BCUT2D eigenvalue weighted by Crippen LogP contribution is 2.46. The second-order valence-electron chi connectivity index (χ2n) is 7.92. The molecule has 1 aromatic carbocycles. The van der Waals surface area contributed by atoms with Crippen LogP contribution in [0.15, 0.2) is 48.9 Å². The SMILES string of the molecule is N[C@@H]1[C@@H](O)CO[C@@H]2COC(c3ccccc3)O[C@@]12c1ncnn1-c1cc(Cl)cnc1C(F)(F)F. The summed E-state index contributed by atoms with van der Waals surface area (Å²) in [6.07, 6.45) is -5.91. The lowest BCUT2D eigenvalue weighted by molar-refractivity contribution is -0.348. The van der Waals surface area contributed by atoms with Gasteiger partial charge in [-0.15, -0.1) is 0 Å². The van der Waals surface area contributed by atoms with Crippen molar-refractivity contribution in [2.75, 3.05) is 13.2 Å². The van der Waals surface area contributed by atoms with E-state index >= 15 is 0 Å². The second-order valence-corrected chi connectivity index (χ2v) is 8.35. The summed E-state index contributed by atoms with van der Waals surface area (Å²) in [5, 5.41) is 14.6. The number of rotatable bonds is 3. The third kappa shape index (κ3) is 3.76. The van der Waals surface area contributed by atoms with Crippen molar-refractivity contribution in [1.29, 1.82) is 0 Å². The van der Waals surface area contributed by atoms with E-state index < -0.39 is 47.7 Å². The molecule has 0 spiro atoms. The van der Waals surface area contributed by atoms with Crippen LogP contribution in [0.2, 0.25) is 5.02 Å². The Morgan fingerprint density at radius 1 is 1.15 bits per heavy atom. The molecule has 2 aliphatic rings. The van der Waals surface area contributed by atoms with E-state index in [9.17, 15) is 18.3 Å². The Hall–Kier alpha value is -2.61. The standard InChI is InChI=1S/C21H19ClF3N5O4/c22-12-6-13(17(27-7-12)21(23,24)25)30-19(28-10-29-30)20-15(32-8-14(31)16(20)26)9-33-18(34-20)11-4-2-1-3-5-11/h1-7,10,14-16,18,31H,8-9,26H2/t14-,15+,16+,18?,20+/m0/s1. The molecule has 5 atom stereocenters. The summed E-state index contributed by atoms with van der Waals surface area (Å²) in [6.45, 7) is -0.135. The molecule has 0 aliphatic carbocycles. The molecule has 34 heavy (non-hydrogen) atoms. The van der Waals surface area contributed by atoms with Gasteiger partial charge in [0.15, 0.2) is 23.4 Å². The maximum absolute atomic E-state index is 13.8. The summed E-state index contributed by atoms with van der Waals surface area (Å²) in [6, 6.07) is 8.83. The summed E-state index contributed by atoms with van der Waals surface area (Å²) in [5.74, 6) is -0.109. The number of pyridine rings is 1. The molecule has 0 radical (unpaired) electrons. The average Bonchev–Trinajstić information content (AvgIpc) is 3.31. The molecule has 3 N–H and O–H groups in total. The maximum atomic E-state index is 13.8. The highest BCUT2D eigenvalue weighted by atomic mass is 35.5. The number of alkyl halides is 3. The lowest BCUT2D eigenvalue weighted by Gasteiger charge is -2.52. The molecule has 2 saturated heterocycles. The van der Waals surface area contributed by atoms with Gasteiger partial charge in [-0.3, -0.25) is 0 Å². The minimum atomic E-state index is -4.81. The second kappa shape index (κ2) is 8.56. The first kappa shape index (κ1) is 23.1. The number of benzene rings is 1. The first-order valence-electron chi connectivity index (χ1n) is 10.2. The van der Waals surface area contributed by atoms with E-state index in [2.05, 4.69) is 15.1 Å². The molecule has 180 valence electrons. The van der Waals surface area contributed by atoms with E-state index in [4.69, 9.17) is 31.5 Å². The molecule has 9 nitrogen and oxygen atoms in total. The maximum Gasteiger partial charge on any atom is 0.435 e. The van der Waals surface area contributed by atoms with Crippen LogP contribution in [-0.4, -0.2) is 56.3 Å². The van der Waals surface area contributed by atoms with Crippen LogP contribution >= 0.6 is 11.6 Å². The Bertz CT molecular complexity index is 1180. The fourth-order valence-corrected chi connectivity index (χ4v) is 4.42. The largest absolute Gasteiger partial charge is 0.435 e. The van der Waals surface area contributed by atoms with Crippen molar-refractivity contribution in [2.45, 2.75) is 36.3 Å². The fourth-order valence-electron chi connectivity index (χ4n) is 4.27. The number of hydrogen-bond donors (Lipinski definition) is 2. The molecule has 13 heteroatoms. The number of aromatic nitrogens is 4. The van der Waals surface area contributed by atoms with E-state index in [0.29, 0.717) is 5.56 Å². The van der Waals surface area contributed by atoms with Crippen LogP contribution in [0.25, 0.3) is 5.69 Å². The van der Waals surface area contributed by atoms with Crippen LogP contribution in [0.5, 0.6) is 0 Å². The Balaban J connectivity index is 1.69. The van der Waals surface area contributed by atoms with Gasteiger partial charge >= 0.3 is 6.18 Å². The number of nitrogens with zero attached hydrogens (tertiary/aromatic N) is 4. The molecule has 0 amide bonds. The van der Waals surface area contributed by atoms with Crippen molar-refractivity contribution >= 4 is 11.6 Å². The zero-order valence-corrected chi connectivity index (χ0v) is 18.1. The number of ether oxygens (including phenoxy) is 3. The van der Waals surface area contributed by atoms with Gasteiger partial charge in [0.1, 0.15) is 12.4 Å². The van der Waals surface area contributed by atoms with E-state index in [0.717, 1.165) is 23.3 Å². The van der Waals surface area contributed by atoms with Gasteiger partial charge in [0.25, 0.3) is 0 Å². The minimum Gasteiger partial charge on any atom is -0.389 e. The number of aliphatic hydroxyl groups excluding tert-OH is 1. The molecule has 0 saturated carbocycles. The Labute approximate surface area is 196 Å². The summed E-state index contributed by atoms with van der Waals surface area (Å²) in [5.41, 5.74) is 3.67. The number of nitrogens with two attached hydrogens (primary N) is 1.